The number of rotatable bonds is 2. The molecule has 0 amide bonds. The molecule has 1 aliphatic carbocycles. The van der Waals surface area contributed by atoms with E-state index in [0.717, 1.165) is 6.07 Å². The summed E-state index contributed by atoms with van der Waals surface area (Å²) in [5.41, 5.74) is -1.41. The highest BCUT2D eigenvalue weighted by Crippen LogP contribution is 2.47. The average molecular weight is 247 g/mol. The molecule has 1 N–H and O–H groups in total. The van der Waals surface area contributed by atoms with Crippen LogP contribution in [0.2, 0.25) is 0 Å². The van der Waals surface area contributed by atoms with Gasteiger partial charge in [0.1, 0.15) is 6.17 Å². The minimum absolute atomic E-state index is 0.0938. The van der Waals surface area contributed by atoms with Crippen LogP contribution in [0, 0.1) is 0 Å². The molecule has 0 saturated heterocycles. The summed E-state index contributed by atoms with van der Waals surface area (Å²) in [6.07, 6.45) is -5.24. The van der Waals surface area contributed by atoms with Gasteiger partial charge in [0.25, 0.3) is 0 Å². The summed E-state index contributed by atoms with van der Waals surface area (Å²) in [4.78, 5) is 0. The van der Waals surface area contributed by atoms with E-state index in [0.29, 0.717) is 0 Å². The maximum absolute atomic E-state index is 13.0. The summed E-state index contributed by atoms with van der Waals surface area (Å²) in [7, 11) is 1.57. The van der Waals surface area contributed by atoms with Gasteiger partial charge in [0.05, 0.1) is 5.56 Å². The molecule has 1 fully saturated rings. The van der Waals surface area contributed by atoms with E-state index in [2.05, 4.69) is 5.32 Å². The van der Waals surface area contributed by atoms with E-state index in [-0.39, 0.29) is 18.4 Å². The van der Waals surface area contributed by atoms with Gasteiger partial charge in [-0.2, -0.15) is 13.2 Å². The Morgan fingerprint density at radius 1 is 1.24 bits per heavy atom. The molecule has 5 heteroatoms. The van der Waals surface area contributed by atoms with E-state index in [1.807, 2.05) is 0 Å². The lowest BCUT2D eigenvalue weighted by Crippen LogP contribution is -2.53. The third-order valence-corrected chi connectivity index (χ3v) is 3.37. The highest BCUT2D eigenvalue weighted by atomic mass is 19.4. The molecular formula is C12H13F4N. The number of hydrogen-bond acceptors (Lipinski definition) is 1. The molecule has 1 aromatic rings. The normalized spacial score (nSPS) is 28.9. The van der Waals surface area contributed by atoms with Gasteiger partial charge in [-0.3, -0.25) is 0 Å². The maximum Gasteiger partial charge on any atom is 0.416 e. The highest BCUT2D eigenvalue weighted by Gasteiger charge is 2.48. The Hall–Kier alpha value is -1.10. The predicted molar refractivity (Wildman–Crippen MR) is 56.3 cm³/mol. The van der Waals surface area contributed by atoms with Crippen LogP contribution in [0.5, 0.6) is 0 Å². The second-order valence-electron chi connectivity index (χ2n) is 4.38. The topological polar surface area (TPSA) is 12.0 Å². The Balaban J connectivity index is 2.45. The van der Waals surface area contributed by atoms with Gasteiger partial charge in [-0.15, -0.1) is 0 Å². The van der Waals surface area contributed by atoms with Crippen LogP contribution in [-0.4, -0.2) is 13.2 Å². The van der Waals surface area contributed by atoms with Crippen molar-refractivity contribution in [1.29, 1.82) is 0 Å². The molecule has 94 valence electrons. The molecule has 0 unspecified atom stereocenters. The number of halogens is 4. The van der Waals surface area contributed by atoms with Crippen molar-refractivity contribution < 1.29 is 17.6 Å². The first-order valence-corrected chi connectivity index (χ1v) is 5.39. The van der Waals surface area contributed by atoms with Gasteiger partial charge in [0.15, 0.2) is 0 Å². The number of benzene rings is 1. The Morgan fingerprint density at radius 2 is 1.82 bits per heavy atom. The number of alkyl halides is 4. The number of hydrogen-bond donors (Lipinski definition) is 1. The van der Waals surface area contributed by atoms with Gasteiger partial charge in [0.2, 0.25) is 0 Å². The van der Waals surface area contributed by atoms with Gasteiger partial charge in [-0.1, -0.05) is 18.2 Å². The van der Waals surface area contributed by atoms with Crippen molar-refractivity contribution in [3.05, 3.63) is 35.4 Å². The molecule has 0 atom stereocenters. The van der Waals surface area contributed by atoms with Crippen LogP contribution >= 0.6 is 0 Å². The van der Waals surface area contributed by atoms with Crippen molar-refractivity contribution >= 4 is 0 Å². The molecule has 0 aromatic heterocycles. The molecule has 0 radical (unpaired) electrons. The van der Waals surface area contributed by atoms with E-state index in [1.165, 1.54) is 12.1 Å². The molecule has 2 rings (SSSR count). The lowest BCUT2D eigenvalue weighted by molar-refractivity contribution is -0.139. The zero-order valence-corrected chi connectivity index (χ0v) is 9.31. The first-order valence-electron chi connectivity index (χ1n) is 5.39. The lowest BCUT2D eigenvalue weighted by Gasteiger charge is -2.45. The van der Waals surface area contributed by atoms with Gasteiger partial charge in [0, 0.05) is 18.4 Å². The second-order valence-corrected chi connectivity index (χ2v) is 4.38. The molecule has 0 bridgehead atoms. The summed E-state index contributed by atoms with van der Waals surface area (Å²) in [5, 5.41) is 2.83. The van der Waals surface area contributed by atoms with Crippen LogP contribution in [0.15, 0.2) is 24.3 Å². The van der Waals surface area contributed by atoms with Crippen LogP contribution < -0.4 is 5.32 Å². The van der Waals surface area contributed by atoms with Crippen LogP contribution in [0.3, 0.4) is 0 Å². The van der Waals surface area contributed by atoms with Crippen molar-refractivity contribution in [1.82, 2.24) is 5.32 Å². The summed E-state index contributed by atoms with van der Waals surface area (Å²) in [5.74, 6) is 0. The SMILES string of the molecule is CNC1(c2ccccc2C(F)(F)F)CC(F)C1. The van der Waals surface area contributed by atoms with Gasteiger partial charge >= 0.3 is 6.18 Å². The summed E-state index contributed by atoms with van der Waals surface area (Å²) < 4.78 is 51.5. The average Bonchev–Trinajstić information content (AvgIpc) is 2.23. The predicted octanol–water partition coefficient (Wildman–Crippen LogP) is 3.25. The first-order chi connectivity index (χ1) is 7.89. The Morgan fingerprint density at radius 3 is 2.29 bits per heavy atom. The molecule has 1 aliphatic rings. The monoisotopic (exact) mass is 247 g/mol. The van der Waals surface area contributed by atoms with Crippen LogP contribution in [-0.2, 0) is 11.7 Å². The summed E-state index contributed by atoms with van der Waals surface area (Å²) in [6.45, 7) is 0. The molecule has 0 spiro atoms. The van der Waals surface area contributed by atoms with E-state index in [4.69, 9.17) is 0 Å². The zero-order valence-electron chi connectivity index (χ0n) is 9.31. The maximum atomic E-state index is 13.0. The fourth-order valence-electron chi connectivity index (χ4n) is 2.40. The third kappa shape index (κ3) is 2.04. The first kappa shape index (κ1) is 12.4. The third-order valence-electron chi connectivity index (χ3n) is 3.37. The van der Waals surface area contributed by atoms with E-state index < -0.39 is 23.5 Å². The zero-order chi connectivity index (χ0) is 12.7. The summed E-state index contributed by atoms with van der Waals surface area (Å²) in [6, 6.07) is 5.36. The lowest BCUT2D eigenvalue weighted by atomic mass is 9.69. The fourth-order valence-corrected chi connectivity index (χ4v) is 2.40. The number of nitrogens with one attached hydrogen (secondary N) is 1. The molecule has 0 heterocycles. The molecule has 1 nitrogen and oxygen atoms in total. The minimum Gasteiger partial charge on any atom is -0.310 e. The standard InChI is InChI=1S/C12H13F4N/c1-17-11(6-8(13)7-11)9-4-2-3-5-10(9)12(14,15)16/h2-5,8,17H,6-7H2,1H3. The molecular weight excluding hydrogens is 234 g/mol. The van der Waals surface area contributed by atoms with Gasteiger partial charge < -0.3 is 5.32 Å². The summed E-state index contributed by atoms with van der Waals surface area (Å²) >= 11 is 0. The molecule has 1 aromatic carbocycles. The van der Waals surface area contributed by atoms with E-state index in [1.54, 1.807) is 13.1 Å². The minimum atomic E-state index is -4.40. The van der Waals surface area contributed by atoms with Gasteiger partial charge in [-0.25, -0.2) is 4.39 Å². The van der Waals surface area contributed by atoms with Crippen LogP contribution in [0.25, 0.3) is 0 Å². The van der Waals surface area contributed by atoms with Crippen molar-refractivity contribution in [3.63, 3.8) is 0 Å². The van der Waals surface area contributed by atoms with Crippen LogP contribution in [0.4, 0.5) is 17.6 Å². The largest absolute Gasteiger partial charge is 0.416 e. The van der Waals surface area contributed by atoms with Crippen molar-refractivity contribution in [2.45, 2.75) is 30.7 Å². The van der Waals surface area contributed by atoms with Crippen molar-refractivity contribution in [3.8, 4) is 0 Å². The molecule has 0 aliphatic heterocycles. The van der Waals surface area contributed by atoms with Crippen molar-refractivity contribution in [2.24, 2.45) is 0 Å². The fraction of sp³-hybridized carbons (Fsp3) is 0.500. The Bertz CT molecular complexity index is 407. The van der Waals surface area contributed by atoms with Crippen molar-refractivity contribution in [2.75, 3.05) is 7.05 Å². The van der Waals surface area contributed by atoms with E-state index in [9.17, 15) is 17.6 Å². The smallest absolute Gasteiger partial charge is 0.310 e. The Kier molecular flexibility index (Phi) is 2.89. The van der Waals surface area contributed by atoms with Crippen LogP contribution in [0.1, 0.15) is 24.0 Å². The molecule has 1 saturated carbocycles. The van der Waals surface area contributed by atoms with E-state index >= 15 is 0 Å². The Labute approximate surface area is 96.8 Å². The molecule has 17 heavy (non-hydrogen) atoms. The second kappa shape index (κ2) is 3.98. The quantitative estimate of drug-likeness (QED) is 0.791. The van der Waals surface area contributed by atoms with Gasteiger partial charge in [-0.05, 0) is 18.7 Å². The highest BCUT2D eigenvalue weighted by molar-refractivity contribution is 5.38.